The van der Waals surface area contributed by atoms with E-state index in [1.54, 1.807) is 36.4 Å². The topological polar surface area (TPSA) is 69.6 Å². The average Bonchev–Trinajstić information content (AvgIpc) is 2.71. The summed E-state index contributed by atoms with van der Waals surface area (Å²) in [6.07, 6.45) is 1.40. The van der Waals surface area contributed by atoms with Gasteiger partial charge in [-0.1, -0.05) is 18.2 Å². The molecule has 1 heterocycles. The van der Waals surface area contributed by atoms with Gasteiger partial charge in [-0.25, -0.2) is 4.39 Å². The number of nitrogens with one attached hydrogen (secondary N) is 1. The number of nitrogens with zero attached hydrogens (tertiary/aromatic N) is 1. The molecule has 0 aliphatic heterocycles. The highest BCUT2D eigenvalue weighted by atomic mass is 19.1. The first kappa shape index (κ1) is 19.2. The van der Waals surface area contributed by atoms with Crippen LogP contribution in [-0.4, -0.2) is 24.7 Å². The van der Waals surface area contributed by atoms with Gasteiger partial charge in [-0.2, -0.15) is 0 Å². The van der Waals surface area contributed by atoms with E-state index in [1.807, 2.05) is 0 Å². The van der Waals surface area contributed by atoms with Gasteiger partial charge in [0.1, 0.15) is 17.3 Å². The Morgan fingerprint density at radius 3 is 2.57 bits per heavy atom. The predicted molar refractivity (Wildman–Crippen MR) is 104 cm³/mol. The van der Waals surface area contributed by atoms with E-state index < -0.39 is 11.7 Å². The molecule has 28 heavy (non-hydrogen) atoms. The van der Waals surface area contributed by atoms with Gasteiger partial charge in [0.25, 0.3) is 11.5 Å². The van der Waals surface area contributed by atoms with Crippen molar-refractivity contribution in [3.8, 4) is 11.5 Å². The largest absolute Gasteiger partial charge is 0.497 e. The fourth-order valence-electron chi connectivity index (χ4n) is 2.70. The lowest BCUT2D eigenvalue weighted by Gasteiger charge is -2.13. The summed E-state index contributed by atoms with van der Waals surface area (Å²) in [7, 11) is 3.02. The van der Waals surface area contributed by atoms with Crippen molar-refractivity contribution in [2.24, 2.45) is 0 Å². The monoisotopic (exact) mass is 382 g/mol. The van der Waals surface area contributed by atoms with Crippen molar-refractivity contribution >= 4 is 11.6 Å². The van der Waals surface area contributed by atoms with Crippen LogP contribution in [0.1, 0.15) is 15.9 Å². The van der Waals surface area contributed by atoms with Gasteiger partial charge in [-0.05, 0) is 24.3 Å². The lowest BCUT2D eigenvalue weighted by molar-refractivity contribution is 0.102. The quantitative estimate of drug-likeness (QED) is 0.710. The van der Waals surface area contributed by atoms with Crippen molar-refractivity contribution < 1.29 is 18.7 Å². The summed E-state index contributed by atoms with van der Waals surface area (Å²) in [5.74, 6) is 0.193. The number of anilines is 1. The summed E-state index contributed by atoms with van der Waals surface area (Å²) in [6.45, 7) is 0.0263. The number of carbonyl (C=O) groups is 1. The van der Waals surface area contributed by atoms with Crippen LogP contribution in [0.2, 0.25) is 0 Å². The van der Waals surface area contributed by atoms with Gasteiger partial charge in [0.05, 0.1) is 32.0 Å². The average molecular weight is 382 g/mol. The van der Waals surface area contributed by atoms with Gasteiger partial charge in [0.2, 0.25) is 0 Å². The van der Waals surface area contributed by atoms with Crippen LogP contribution in [0.4, 0.5) is 10.1 Å². The summed E-state index contributed by atoms with van der Waals surface area (Å²) in [4.78, 5) is 24.7. The third-order valence-corrected chi connectivity index (χ3v) is 4.20. The molecule has 0 spiro atoms. The molecule has 3 rings (SSSR count). The molecule has 3 aromatic rings. The highest BCUT2D eigenvalue weighted by Gasteiger charge is 2.13. The lowest BCUT2D eigenvalue weighted by Crippen LogP contribution is -2.23. The first-order valence-electron chi connectivity index (χ1n) is 8.49. The molecule has 1 amide bonds. The number of rotatable bonds is 6. The fourth-order valence-corrected chi connectivity index (χ4v) is 2.70. The minimum absolute atomic E-state index is 0.0263. The number of pyridine rings is 1. The number of aromatic nitrogens is 1. The normalized spacial score (nSPS) is 10.4. The molecule has 2 aromatic carbocycles. The molecule has 0 saturated heterocycles. The van der Waals surface area contributed by atoms with Crippen LogP contribution in [0.15, 0.2) is 65.6 Å². The molecular formula is C21H19FN2O4. The summed E-state index contributed by atoms with van der Waals surface area (Å²) >= 11 is 0. The van der Waals surface area contributed by atoms with Crippen LogP contribution in [0.3, 0.4) is 0 Å². The van der Waals surface area contributed by atoms with Gasteiger partial charge < -0.3 is 19.4 Å². The number of amides is 1. The zero-order chi connectivity index (χ0) is 20.1. The minimum Gasteiger partial charge on any atom is -0.497 e. The molecule has 1 aromatic heterocycles. The van der Waals surface area contributed by atoms with E-state index in [-0.39, 0.29) is 17.7 Å². The Morgan fingerprint density at radius 2 is 1.86 bits per heavy atom. The highest BCUT2D eigenvalue weighted by molar-refractivity contribution is 6.04. The van der Waals surface area contributed by atoms with Crippen LogP contribution in [-0.2, 0) is 6.54 Å². The summed E-state index contributed by atoms with van der Waals surface area (Å²) in [5.41, 5.74) is 0.745. The molecule has 7 heteroatoms. The Balaban J connectivity index is 1.85. The second-order valence-electron chi connectivity index (χ2n) is 6.00. The van der Waals surface area contributed by atoms with Gasteiger partial charge >= 0.3 is 0 Å². The molecular weight excluding hydrogens is 363 g/mol. The molecule has 0 fully saturated rings. The van der Waals surface area contributed by atoms with Gasteiger partial charge in [-0.3, -0.25) is 9.59 Å². The van der Waals surface area contributed by atoms with Crippen molar-refractivity contribution in [3.63, 3.8) is 0 Å². The van der Waals surface area contributed by atoms with E-state index in [1.165, 1.54) is 43.2 Å². The summed E-state index contributed by atoms with van der Waals surface area (Å²) in [5, 5.41) is 2.74. The maximum absolute atomic E-state index is 13.9. The fraction of sp³-hybridized carbons (Fsp3) is 0.143. The zero-order valence-corrected chi connectivity index (χ0v) is 15.4. The zero-order valence-electron chi connectivity index (χ0n) is 15.4. The number of ether oxygens (including phenoxy) is 2. The first-order valence-corrected chi connectivity index (χ1v) is 8.49. The van der Waals surface area contributed by atoms with Crippen LogP contribution >= 0.6 is 0 Å². The van der Waals surface area contributed by atoms with Gasteiger partial charge in [0.15, 0.2) is 0 Å². The van der Waals surface area contributed by atoms with Crippen molar-refractivity contribution in [2.45, 2.75) is 6.54 Å². The molecule has 0 aliphatic carbocycles. The standard InChI is InChI=1S/C21H19FN2O4/c1-27-16-8-9-18(19(11-16)28-2)23-21(26)15-7-10-20(25)24(13-15)12-14-5-3-4-6-17(14)22/h3-11,13H,12H2,1-2H3,(H,23,26). The number of carbonyl (C=O) groups excluding carboxylic acids is 1. The Bertz CT molecular complexity index is 1060. The van der Waals surface area contributed by atoms with Crippen molar-refractivity contribution in [1.82, 2.24) is 4.57 Å². The van der Waals surface area contributed by atoms with Crippen LogP contribution in [0.25, 0.3) is 0 Å². The smallest absolute Gasteiger partial charge is 0.257 e. The summed E-state index contributed by atoms with van der Waals surface area (Å²) < 4.78 is 25.6. The molecule has 6 nitrogen and oxygen atoms in total. The lowest BCUT2D eigenvalue weighted by atomic mass is 10.2. The van der Waals surface area contributed by atoms with E-state index in [2.05, 4.69) is 5.32 Å². The van der Waals surface area contributed by atoms with E-state index in [9.17, 15) is 14.0 Å². The molecule has 0 bridgehead atoms. The number of benzene rings is 2. The second-order valence-corrected chi connectivity index (χ2v) is 6.00. The third-order valence-electron chi connectivity index (χ3n) is 4.20. The van der Waals surface area contributed by atoms with Crippen molar-refractivity contribution in [2.75, 3.05) is 19.5 Å². The molecule has 144 valence electrons. The van der Waals surface area contributed by atoms with Crippen LogP contribution in [0.5, 0.6) is 11.5 Å². The number of halogens is 1. The third kappa shape index (κ3) is 4.20. The Labute approximate surface area is 161 Å². The molecule has 0 radical (unpaired) electrons. The minimum atomic E-state index is -0.425. The Hall–Kier alpha value is -3.61. The Kier molecular flexibility index (Phi) is 5.74. The van der Waals surface area contributed by atoms with Gasteiger partial charge in [0, 0.05) is 23.9 Å². The van der Waals surface area contributed by atoms with E-state index in [0.29, 0.717) is 22.7 Å². The molecule has 1 N–H and O–H groups in total. The van der Waals surface area contributed by atoms with E-state index in [4.69, 9.17) is 9.47 Å². The molecule has 0 unspecified atom stereocenters. The molecule has 0 atom stereocenters. The van der Waals surface area contributed by atoms with Crippen molar-refractivity contribution in [3.05, 3.63) is 88.1 Å². The maximum Gasteiger partial charge on any atom is 0.257 e. The number of hydrogen-bond donors (Lipinski definition) is 1. The Morgan fingerprint density at radius 1 is 1.07 bits per heavy atom. The maximum atomic E-state index is 13.9. The number of hydrogen-bond acceptors (Lipinski definition) is 4. The predicted octanol–water partition coefficient (Wildman–Crippen LogP) is 3.31. The molecule has 0 saturated carbocycles. The van der Waals surface area contributed by atoms with Gasteiger partial charge in [-0.15, -0.1) is 0 Å². The molecule has 0 aliphatic rings. The highest BCUT2D eigenvalue weighted by Crippen LogP contribution is 2.29. The van der Waals surface area contributed by atoms with E-state index in [0.717, 1.165) is 0 Å². The second kappa shape index (κ2) is 8.39. The van der Waals surface area contributed by atoms with Crippen LogP contribution < -0.4 is 20.3 Å². The van der Waals surface area contributed by atoms with E-state index >= 15 is 0 Å². The summed E-state index contributed by atoms with van der Waals surface area (Å²) in [6, 6.07) is 13.9. The number of methoxy groups -OCH3 is 2. The van der Waals surface area contributed by atoms with Crippen molar-refractivity contribution in [1.29, 1.82) is 0 Å². The first-order chi connectivity index (χ1) is 13.5. The SMILES string of the molecule is COc1ccc(NC(=O)c2ccc(=O)n(Cc3ccccc3F)c2)c(OC)c1. The van der Waals surface area contributed by atoms with Crippen LogP contribution in [0, 0.1) is 5.82 Å².